The van der Waals surface area contributed by atoms with Gasteiger partial charge < -0.3 is 5.32 Å². The van der Waals surface area contributed by atoms with Crippen LogP contribution in [0.3, 0.4) is 0 Å². The summed E-state index contributed by atoms with van der Waals surface area (Å²) in [6.07, 6.45) is 3.72. The number of nitrogens with zero attached hydrogens (tertiary/aromatic N) is 1. The van der Waals surface area contributed by atoms with Crippen molar-refractivity contribution in [1.29, 1.82) is 0 Å². The molecule has 2 aromatic carbocycles. The normalized spacial score (nSPS) is 10.6. The zero-order valence-electron chi connectivity index (χ0n) is 10.3. The van der Waals surface area contributed by atoms with Gasteiger partial charge in [-0.2, -0.15) is 0 Å². The van der Waals surface area contributed by atoms with Crippen molar-refractivity contribution in [2.45, 2.75) is 6.54 Å². The van der Waals surface area contributed by atoms with Gasteiger partial charge in [0.05, 0.1) is 0 Å². The Bertz CT molecular complexity index is 687. The maximum Gasteiger partial charge on any atom is 0.0423 e. The van der Waals surface area contributed by atoms with E-state index in [2.05, 4.69) is 62.6 Å². The molecule has 3 rings (SSSR count). The first-order valence-electron chi connectivity index (χ1n) is 6.14. The van der Waals surface area contributed by atoms with E-state index in [1.54, 1.807) is 0 Å². The lowest BCUT2D eigenvalue weighted by Crippen LogP contribution is -1.99. The minimum Gasteiger partial charge on any atom is -0.380 e. The Hall–Kier alpha value is -1.87. The van der Waals surface area contributed by atoms with Crippen LogP contribution >= 0.6 is 15.9 Å². The molecule has 0 amide bonds. The first kappa shape index (κ1) is 12.2. The highest BCUT2D eigenvalue weighted by atomic mass is 79.9. The Balaban J connectivity index is 1.84. The molecule has 3 heteroatoms. The van der Waals surface area contributed by atoms with Gasteiger partial charge >= 0.3 is 0 Å². The van der Waals surface area contributed by atoms with Crippen molar-refractivity contribution >= 4 is 32.4 Å². The van der Waals surface area contributed by atoms with Crippen LogP contribution in [0.5, 0.6) is 0 Å². The van der Waals surface area contributed by atoms with Crippen molar-refractivity contribution in [3.05, 3.63) is 71.0 Å². The molecule has 1 aromatic heterocycles. The number of hydrogen-bond donors (Lipinski definition) is 1. The first-order chi connectivity index (χ1) is 9.33. The molecule has 0 radical (unpaired) electrons. The van der Waals surface area contributed by atoms with Gasteiger partial charge in [-0.05, 0) is 29.8 Å². The number of fused-ring (bicyclic) bond motifs is 1. The van der Waals surface area contributed by atoms with E-state index in [1.165, 1.54) is 10.9 Å². The topological polar surface area (TPSA) is 24.9 Å². The molecule has 94 valence electrons. The fraction of sp³-hybridized carbons (Fsp3) is 0.0625. The number of halogens is 1. The summed E-state index contributed by atoms with van der Waals surface area (Å²) < 4.78 is 1.10. The van der Waals surface area contributed by atoms with Gasteiger partial charge in [0.15, 0.2) is 0 Å². The molecular weight excluding hydrogens is 300 g/mol. The van der Waals surface area contributed by atoms with Crippen LogP contribution in [0.4, 0.5) is 5.69 Å². The van der Waals surface area contributed by atoms with Gasteiger partial charge in [0.25, 0.3) is 0 Å². The van der Waals surface area contributed by atoms with Crippen LogP contribution in [0, 0.1) is 0 Å². The fourth-order valence-electron chi connectivity index (χ4n) is 2.08. The molecule has 0 aliphatic heterocycles. The molecule has 2 nitrogen and oxygen atoms in total. The quantitative estimate of drug-likeness (QED) is 0.764. The largest absolute Gasteiger partial charge is 0.380 e. The Kier molecular flexibility index (Phi) is 3.47. The fourth-order valence-corrected chi connectivity index (χ4v) is 2.34. The smallest absolute Gasteiger partial charge is 0.0423 e. The summed E-state index contributed by atoms with van der Waals surface area (Å²) in [7, 11) is 0. The number of rotatable bonds is 3. The first-order valence-corrected chi connectivity index (χ1v) is 6.93. The van der Waals surface area contributed by atoms with E-state index in [0.717, 1.165) is 22.1 Å². The highest BCUT2D eigenvalue weighted by Crippen LogP contribution is 2.22. The summed E-state index contributed by atoms with van der Waals surface area (Å²) in [6.45, 7) is 0.814. The van der Waals surface area contributed by atoms with Crippen LogP contribution in [0.1, 0.15) is 5.56 Å². The van der Waals surface area contributed by atoms with Crippen LogP contribution in [-0.2, 0) is 6.54 Å². The maximum atomic E-state index is 4.15. The lowest BCUT2D eigenvalue weighted by molar-refractivity contribution is 1.15. The van der Waals surface area contributed by atoms with Gasteiger partial charge in [-0.3, -0.25) is 4.98 Å². The number of pyridine rings is 1. The second-order valence-corrected chi connectivity index (χ2v) is 5.30. The zero-order chi connectivity index (χ0) is 13.1. The lowest BCUT2D eigenvalue weighted by atomic mass is 10.1. The predicted molar refractivity (Wildman–Crippen MR) is 83.2 cm³/mol. The monoisotopic (exact) mass is 312 g/mol. The molecule has 0 fully saturated rings. The molecule has 0 bridgehead atoms. The van der Waals surface area contributed by atoms with E-state index < -0.39 is 0 Å². The second-order valence-electron chi connectivity index (χ2n) is 4.38. The van der Waals surface area contributed by atoms with Gasteiger partial charge in [-0.15, -0.1) is 0 Å². The third-order valence-corrected chi connectivity index (χ3v) is 3.61. The van der Waals surface area contributed by atoms with Crippen LogP contribution in [0.25, 0.3) is 10.8 Å². The SMILES string of the molecule is Brc1ccc(CNc2cccc3cnccc23)cc1. The third kappa shape index (κ3) is 2.76. The number of hydrogen-bond acceptors (Lipinski definition) is 2. The molecule has 0 atom stereocenters. The van der Waals surface area contributed by atoms with Crippen molar-refractivity contribution in [1.82, 2.24) is 4.98 Å². The Morgan fingerprint density at radius 3 is 2.68 bits per heavy atom. The molecule has 0 unspecified atom stereocenters. The Morgan fingerprint density at radius 2 is 1.84 bits per heavy atom. The van der Waals surface area contributed by atoms with E-state index >= 15 is 0 Å². The standard InChI is InChI=1S/C16H13BrN2/c17-14-6-4-12(5-7-14)10-19-16-3-1-2-13-11-18-9-8-15(13)16/h1-9,11,19H,10H2. The minimum atomic E-state index is 0.814. The zero-order valence-corrected chi connectivity index (χ0v) is 11.9. The van der Waals surface area contributed by atoms with E-state index in [4.69, 9.17) is 0 Å². The van der Waals surface area contributed by atoms with Gasteiger partial charge in [-0.25, -0.2) is 0 Å². The number of nitrogens with one attached hydrogen (secondary N) is 1. The number of anilines is 1. The maximum absolute atomic E-state index is 4.15. The molecular formula is C16H13BrN2. The number of aromatic nitrogens is 1. The Morgan fingerprint density at radius 1 is 1.00 bits per heavy atom. The molecule has 1 heterocycles. The van der Waals surface area contributed by atoms with Crippen LogP contribution < -0.4 is 5.32 Å². The van der Waals surface area contributed by atoms with E-state index in [0.29, 0.717) is 0 Å². The minimum absolute atomic E-state index is 0.814. The van der Waals surface area contributed by atoms with E-state index in [1.807, 2.05) is 24.5 Å². The molecule has 0 spiro atoms. The van der Waals surface area contributed by atoms with Crippen molar-refractivity contribution in [2.24, 2.45) is 0 Å². The van der Waals surface area contributed by atoms with Gasteiger partial charge in [0.2, 0.25) is 0 Å². The van der Waals surface area contributed by atoms with Gasteiger partial charge in [0.1, 0.15) is 0 Å². The van der Waals surface area contributed by atoms with E-state index in [9.17, 15) is 0 Å². The predicted octanol–water partition coefficient (Wildman–Crippen LogP) is 4.61. The van der Waals surface area contributed by atoms with Gasteiger partial charge in [0, 0.05) is 39.9 Å². The summed E-state index contributed by atoms with van der Waals surface area (Å²) in [5.41, 5.74) is 2.40. The van der Waals surface area contributed by atoms with Crippen LogP contribution in [-0.4, -0.2) is 4.98 Å². The average Bonchev–Trinajstić information content (AvgIpc) is 2.47. The summed E-state index contributed by atoms with van der Waals surface area (Å²) in [5, 5.41) is 5.84. The summed E-state index contributed by atoms with van der Waals surface area (Å²) >= 11 is 3.45. The summed E-state index contributed by atoms with van der Waals surface area (Å²) in [6, 6.07) is 16.6. The lowest BCUT2D eigenvalue weighted by Gasteiger charge is -2.09. The molecule has 0 saturated heterocycles. The summed E-state index contributed by atoms with van der Waals surface area (Å²) in [4.78, 5) is 4.15. The van der Waals surface area contributed by atoms with Crippen molar-refractivity contribution < 1.29 is 0 Å². The molecule has 1 N–H and O–H groups in total. The van der Waals surface area contributed by atoms with Gasteiger partial charge in [-0.1, -0.05) is 40.2 Å². The molecule has 3 aromatic rings. The molecule has 0 aliphatic carbocycles. The van der Waals surface area contributed by atoms with Crippen LogP contribution in [0.2, 0.25) is 0 Å². The Labute approximate surface area is 120 Å². The van der Waals surface area contributed by atoms with Crippen LogP contribution in [0.15, 0.2) is 65.4 Å². The molecule has 19 heavy (non-hydrogen) atoms. The number of benzene rings is 2. The van der Waals surface area contributed by atoms with E-state index in [-0.39, 0.29) is 0 Å². The van der Waals surface area contributed by atoms with Crippen molar-refractivity contribution in [3.8, 4) is 0 Å². The third-order valence-electron chi connectivity index (χ3n) is 3.08. The molecule has 0 saturated carbocycles. The highest BCUT2D eigenvalue weighted by molar-refractivity contribution is 9.10. The summed E-state index contributed by atoms with van der Waals surface area (Å²) in [5.74, 6) is 0. The van der Waals surface area contributed by atoms with Crippen molar-refractivity contribution in [2.75, 3.05) is 5.32 Å². The highest BCUT2D eigenvalue weighted by Gasteiger charge is 2.00. The van der Waals surface area contributed by atoms with Crippen molar-refractivity contribution in [3.63, 3.8) is 0 Å². The second kappa shape index (κ2) is 5.41. The molecule has 0 aliphatic rings. The average molecular weight is 313 g/mol.